The van der Waals surface area contributed by atoms with E-state index in [0.717, 1.165) is 36.5 Å². The summed E-state index contributed by atoms with van der Waals surface area (Å²) in [5.74, 6) is 2.06. The van der Waals surface area contributed by atoms with Crippen molar-refractivity contribution >= 4 is 22.9 Å². The molecule has 4 atom stereocenters. The second-order valence-corrected chi connectivity index (χ2v) is 6.98. The molecule has 114 valence electrons. The second-order valence-electron chi connectivity index (χ2n) is 6.98. The van der Waals surface area contributed by atoms with Crippen LogP contribution in [0.4, 0.5) is 5.95 Å². The van der Waals surface area contributed by atoms with Crippen molar-refractivity contribution in [3.8, 4) is 0 Å². The molecule has 2 aliphatic carbocycles. The van der Waals surface area contributed by atoms with Crippen molar-refractivity contribution < 1.29 is 4.79 Å². The molecule has 0 saturated heterocycles. The van der Waals surface area contributed by atoms with E-state index < -0.39 is 0 Å². The Labute approximate surface area is 129 Å². The summed E-state index contributed by atoms with van der Waals surface area (Å²) in [5.41, 5.74) is 8.43. The number of carbonyl (C=O) groups excluding carboxylic acids is 1. The fourth-order valence-corrected chi connectivity index (χ4v) is 4.88. The maximum atomic E-state index is 13.1. The third kappa shape index (κ3) is 1.52. The molecule has 2 N–H and O–H groups in total. The van der Waals surface area contributed by atoms with Crippen molar-refractivity contribution in [1.29, 1.82) is 0 Å². The van der Waals surface area contributed by atoms with Crippen LogP contribution in [0, 0.1) is 17.8 Å². The number of aromatic nitrogens is 2. The second kappa shape index (κ2) is 4.32. The number of anilines is 1. The van der Waals surface area contributed by atoms with Gasteiger partial charge in [0.2, 0.25) is 11.9 Å². The molecule has 0 radical (unpaired) electrons. The number of nitrogens with two attached hydrogens (primary N) is 1. The lowest BCUT2D eigenvalue weighted by molar-refractivity contribution is -0.124. The normalized spacial score (nSPS) is 32.9. The van der Waals surface area contributed by atoms with E-state index in [0.29, 0.717) is 11.8 Å². The molecule has 1 amide bonds. The number of rotatable bonds is 1. The Morgan fingerprint density at radius 3 is 2.82 bits per heavy atom. The summed E-state index contributed by atoms with van der Waals surface area (Å²) >= 11 is 0. The highest BCUT2D eigenvalue weighted by atomic mass is 16.2. The van der Waals surface area contributed by atoms with Gasteiger partial charge in [-0.15, -0.1) is 0 Å². The van der Waals surface area contributed by atoms with E-state index in [-0.39, 0.29) is 17.9 Å². The molecule has 1 aromatic heterocycles. The fraction of sp³-hybridized carbons (Fsp3) is 0.529. The molecule has 22 heavy (non-hydrogen) atoms. The molecule has 2 heterocycles. The van der Waals surface area contributed by atoms with E-state index in [2.05, 4.69) is 15.6 Å². The molecular weight excluding hydrogens is 276 g/mol. The highest BCUT2D eigenvalue weighted by Gasteiger charge is 2.51. The predicted octanol–water partition coefficient (Wildman–Crippen LogP) is 1.76. The van der Waals surface area contributed by atoms with Gasteiger partial charge in [-0.1, -0.05) is 12.1 Å². The monoisotopic (exact) mass is 296 g/mol. The van der Waals surface area contributed by atoms with Crippen molar-refractivity contribution in [3.05, 3.63) is 24.3 Å². The lowest BCUT2D eigenvalue weighted by Gasteiger charge is -2.29. The molecule has 3 aliphatic rings. The van der Waals surface area contributed by atoms with E-state index >= 15 is 0 Å². The van der Waals surface area contributed by atoms with Gasteiger partial charge in [0.15, 0.2) is 0 Å². The largest absolute Gasteiger partial charge is 0.327 e. The van der Waals surface area contributed by atoms with Gasteiger partial charge in [-0.3, -0.25) is 9.69 Å². The van der Waals surface area contributed by atoms with E-state index in [9.17, 15) is 4.79 Å². The molecular formula is C17H20N4O. The van der Waals surface area contributed by atoms with Crippen LogP contribution in [0.25, 0.3) is 11.0 Å². The third-order valence-corrected chi connectivity index (χ3v) is 5.95. The molecule has 5 heteroatoms. The van der Waals surface area contributed by atoms with Crippen LogP contribution in [0.1, 0.15) is 19.3 Å². The predicted molar refractivity (Wildman–Crippen MR) is 84.4 cm³/mol. The minimum atomic E-state index is 0.00473. The van der Waals surface area contributed by atoms with Crippen LogP contribution >= 0.6 is 0 Å². The number of imidazole rings is 1. The van der Waals surface area contributed by atoms with E-state index in [1.807, 2.05) is 23.1 Å². The van der Waals surface area contributed by atoms with Gasteiger partial charge in [-0.25, -0.2) is 4.98 Å². The topological polar surface area (TPSA) is 64.2 Å². The standard InChI is InChI=1S/C17H20N4O/c18-15-11-6-5-10(9-11)14(15)16(22)21-8-7-20-13-4-2-1-3-12(13)19-17(20)21/h1-4,10-11,14-15H,5-9,18H2. The maximum Gasteiger partial charge on any atom is 0.234 e. The van der Waals surface area contributed by atoms with Crippen LogP contribution in [0.3, 0.4) is 0 Å². The molecule has 5 rings (SSSR count). The zero-order valence-electron chi connectivity index (χ0n) is 12.5. The Hall–Kier alpha value is -1.88. The number of hydrogen-bond acceptors (Lipinski definition) is 3. The minimum absolute atomic E-state index is 0.00473. The van der Waals surface area contributed by atoms with E-state index in [4.69, 9.17) is 5.73 Å². The molecule has 4 unspecified atom stereocenters. The summed E-state index contributed by atoms with van der Waals surface area (Å²) < 4.78 is 2.16. The zero-order valence-corrected chi connectivity index (χ0v) is 12.5. The summed E-state index contributed by atoms with van der Waals surface area (Å²) in [5, 5.41) is 0. The summed E-state index contributed by atoms with van der Waals surface area (Å²) in [7, 11) is 0. The van der Waals surface area contributed by atoms with E-state index in [1.165, 1.54) is 12.8 Å². The number of nitrogens with zero attached hydrogens (tertiary/aromatic N) is 3. The zero-order chi connectivity index (χ0) is 14.8. The quantitative estimate of drug-likeness (QED) is 0.872. The van der Waals surface area contributed by atoms with Crippen LogP contribution in [0.2, 0.25) is 0 Å². The number of para-hydroxylation sites is 2. The number of amides is 1. The molecule has 5 nitrogen and oxygen atoms in total. The fourth-order valence-electron chi connectivity index (χ4n) is 4.88. The lowest BCUT2D eigenvalue weighted by atomic mass is 9.84. The summed E-state index contributed by atoms with van der Waals surface area (Å²) in [4.78, 5) is 19.6. The van der Waals surface area contributed by atoms with Gasteiger partial charge in [0.05, 0.1) is 17.0 Å². The van der Waals surface area contributed by atoms with E-state index in [1.54, 1.807) is 0 Å². The SMILES string of the molecule is NC1C2CCC(C2)C1C(=O)N1CCn2c1nc1ccccc12. The maximum absolute atomic E-state index is 13.1. The minimum Gasteiger partial charge on any atom is -0.327 e. The Morgan fingerprint density at radius 1 is 1.18 bits per heavy atom. The average Bonchev–Trinajstić information content (AvgIpc) is 3.26. The van der Waals surface area contributed by atoms with Crippen LogP contribution in [-0.2, 0) is 11.3 Å². The first kappa shape index (κ1) is 12.6. The summed E-state index contributed by atoms with van der Waals surface area (Å²) in [6.45, 7) is 1.56. The Balaban J connectivity index is 1.52. The van der Waals surface area contributed by atoms with Crippen LogP contribution in [-0.4, -0.2) is 28.0 Å². The van der Waals surface area contributed by atoms with Gasteiger partial charge in [0.1, 0.15) is 0 Å². The van der Waals surface area contributed by atoms with Crippen LogP contribution in [0.15, 0.2) is 24.3 Å². The summed E-state index contributed by atoms with van der Waals surface area (Å²) in [6.07, 6.45) is 3.51. The highest BCUT2D eigenvalue weighted by molar-refractivity contribution is 5.97. The smallest absolute Gasteiger partial charge is 0.234 e. The Morgan fingerprint density at radius 2 is 2.00 bits per heavy atom. The third-order valence-electron chi connectivity index (χ3n) is 5.95. The molecule has 0 spiro atoms. The Bertz CT molecular complexity index is 765. The van der Waals surface area contributed by atoms with Gasteiger partial charge in [0, 0.05) is 19.1 Å². The molecule has 2 fully saturated rings. The van der Waals surface area contributed by atoms with Crippen LogP contribution < -0.4 is 10.6 Å². The van der Waals surface area contributed by atoms with Crippen molar-refractivity contribution in [3.63, 3.8) is 0 Å². The highest BCUT2D eigenvalue weighted by Crippen LogP contribution is 2.48. The Kier molecular flexibility index (Phi) is 2.48. The van der Waals surface area contributed by atoms with Crippen LogP contribution in [0.5, 0.6) is 0 Å². The summed E-state index contributed by atoms with van der Waals surface area (Å²) in [6, 6.07) is 8.14. The van der Waals surface area contributed by atoms with Crippen molar-refractivity contribution in [2.24, 2.45) is 23.5 Å². The number of hydrogen-bond donors (Lipinski definition) is 1. The first-order valence-corrected chi connectivity index (χ1v) is 8.26. The van der Waals surface area contributed by atoms with Gasteiger partial charge in [-0.2, -0.15) is 0 Å². The average molecular weight is 296 g/mol. The number of carbonyl (C=O) groups is 1. The van der Waals surface area contributed by atoms with Gasteiger partial charge in [0.25, 0.3) is 0 Å². The molecule has 2 aromatic rings. The first-order valence-electron chi connectivity index (χ1n) is 8.26. The van der Waals surface area contributed by atoms with Gasteiger partial charge < -0.3 is 10.3 Å². The van der Waals surface area contributed by atoms with Crippen molar-refractivity contribution in [1.82, 2.24) is 9.55 Å². The van der Waals surface area contributed by atoms with Crippen molar-refractivity contribution in [2.45, 2.75) is 31.8 Å². The van der Waals surface area contributed by atoms with Gasteiger partial charge >= 0.3 is 0 Å². The van der Waals surface area contributed by atoms with Crippen molar-refractivity contribution in [2.75, 3.05) is 11.4 Å². The molecule has 1 aromatic carbocycles. The van der Waals surface area contributed by atoms with Gasteiger partial charge in [-0.05, 0) is 43.2 Å². The first-order chi connectivity index (χ1) is 10.7. The number of fused-ring (bicyclic) bond motifs is 5. The lowest BCUT2D eigenvalue weighted by Crippen LogP contribution is -2.47. The molecule has 2 saturated carbocycles. The molecule has 2 bridgehead atoms. The molecule has 1 aliphatic heterocycles. The number of benzene rings is 1.